The van der Waals surface area contributed by atoms with Crippen molar-refractivity contribution in [2.45, 2.75) is 18.8 Å². The van der Waals surface area contributed by atoms with Crippen molar-refractivity contribution in [2.75, 3.05) is 13.1 Å². The zero-order chi connectivity index (χ0) is 17.6. The van der Waals surface area contributed by atoms with E-state index in [2.05, 4.69) is 10.1 Å². The van der Waals surface area contributed by atoms with Crippen LogP contribution in [0, 0.1) is 0 Å². The van der Waals surface area contributed by atoms with Crippen LogP contribution in [0.3, 0.4) is 0 Å². The summed E-state index contributed by atoms with van der Waals surface area (Å²) in [6.45, 7) is 0.274. The summed E-state index contributed by atoms with van der Waals surface area (Å²) in [5, 5.41) is 5.19. The van der Waals surface area contributed by atoms with Crippen molar-refractivity contribution in [3.05, 3.63) is 36.0 Å². The summed E-state index contributed by atoms with van der Waals surface area (Å²) in [4.78, 5) is 28.9. The molecule has 0 radical (unpaired) electrons. The van der Waals surface area contributed by atoms with Gasteiger partial charge in [-0.2, -0.15) is 5.10 Å². The summed E-state index contributed by atoms with van der Waals surface area (Å²) >= 11 is 0. The molecule has 0 spiro atoms. The van der Waals surface area contributed by atoms with Crippen LogP contribution < -0.4 is 0 Å². The highest BCUT2D eigenvalue weighted by Gasteiger charge is 2.36. The summed E-state index contributed by atoms with van der Waals surface area (Å²) < 4.78 is 16.9. The number of alkyl halides is 1. The van der Waals surface area contributed by atoms with Gasteiger partial charge in [-0.25, -0.2) is 4.39 Å². The minimum absolute atomic E-state index is 0.0741. The number of aliphatic imine (C=N–C) groups is 1. The Kier molecular flexibility index (Phi) is 3.80. The predicted molar refractivity (Wildman–Crippen MR) is 92.1 cm³/mol. The van der Waals surface area contributed by atoms with Gasteiger partial charge in [0.05, 0.1) is 18.3 Å². The summed E-state index contributed by atoms with van der Waals surface area (Å²) in [6.07, 6.45) is 2.98. The number of dihydropyridines is 1. The van der Waals surface area contributed by atoms with Crippen molar-refractivity contribution in [3.63, 3.8) is 0 Å². The Hall–Kier alpha value is -2.67. The molecule has 0 bridgehead atoms. The third kappa shape index (κ3) is 2.70. The molecule has 1 aromatic carbocycles. The van der Waals surface area contributed by atoms with Crippen LogP contribution >= 0.6 is 0 Å². The third-order valence-electron chi connectivity index (χ3n) is 4.79. The zero-order valence-corrected chi connectivity index (χ0v) is 13.7. The van der Waals surface area contributed by atoms with Crippen molar-refractivity contribution in [2.24, 2.45) is 12.0 Å². The van der Waals surface area contributed by atoms with Gasteiger partial charge < -0.3 is 0 Å². The Morgan fingerprint density at radius 3 is 2.88 bits per heavy atom. The number of fused-ring (bicyclic) bond motifs is 1. The van der Waals surface area contributed by atoms with Crippen LogP contribution in [0.1, 0.15) is 12.0 Å². The lowest BCUT2D eigenvalue weighted by atomic mass is 9.95. The Morgan fingerprint density at radius 1 is 1.24 bits per heavy atom. The van der Waals surface area contributed by atoms with Gasteiger partial charge in [-0.1, -0.05) is 12.1 Å². The summed E-state index contributed by atoms with van der Waals surface area (Å²) in [7, 11) is 1.84. The maximum atomic E-state index is 15.2. The first-order chi connectivity index (χ1) is 12.0. The molecule has 7 heteroatoms. The van der Waals surface area contributed by atoms with Gasteiger partial charge in [-0.15, -0.1) is 0 Å². The number of nitrogens with zero attached hydrogens (tertiary/aromatic N) is 4. The van der Waals surface area contributed by atoms with Crippen LogP contribution in [-0.4, -0.2) is 57.9 Å². The quantitative estimate of drug-likeness (QED) is 0.778. The van der Waals surface area contributed by atoms with Crippen molar-refractivity contribution in [1.29, 1.82) is 0 Å². The molecule has 0 saturated carbocycles. The summed E-state index contributed by atoms with van der Waals surface area (Å²) in [5.74, 6) is -0.857. The molecule has 2 unspecified atom stereocenters. The molecule has 0 N–H and O–H groups in total. The number of likely N-dealkylation sites (tertiary alicyclic amines) is 1. The maximum Gasteiger partial charge on any atom is 0.212 e. The molecule has 1 saturated heterocycles. The number of halogens is 1. The molecule has 6 nitrogen and oxygen atoms in total. The molecule has 25 heavy (non-hydrogen) atoms. The van der Waals surface area contributed by atoms with Crippen molar-refractivity contribution in [1.82, 2.24) is 14.7 Å². The standard InChI is InChI=1S/C18H17FN4O2/c1-22-14-8-11(2-3-12(14)9-21-22)13-4-6-20-18(17(13)19)23-7-5-15(24)16(25)10-23/h2-4,6,8-9,17-18H,5,7,10H2,1H3. The number of benzene rings is 1. The Morgan fingerprint density at radius 2 is 2.08 bits per heavy atom. The van der Waals surface area contributed by atoms with E-state index >= 15 is 4.39 Å². The number of Topliss-reactive ketones (excluding diaryl/α,β-unsaturated/α-hetero) is 2. The highest BCUT2D eigenvalue weighted by atomic mass is 19.1. The first-order valence-corrected chi connectivity index (χ1v) is 8.14. The largest absolute Gasteiger partial charge is 0.291 e. The molecule has 4 rings (SSSR count). The van der Waals surface area contributed by atoms with Gasteiger partial charge in [0.2, 0.25) is 11.6 Å². The SMILES string of the molecule is Cn1ncc2ccc(C3=CC=NC(N4CCC(=O)C(=O)C4)C3F)cc21. The third-order valence-corrected chi connectivity index (χ3v) is 4.79. The fraction of sp³-hybridized carbons (Fsp3) is 0.333. The molecule has 128 valence electrons. The van der Waals surface area contributed by atoms with Crippen molar-refractivity contribution < 1.29 is 14.0 Å². The van der Waals surface area contributed by atoms with Crippen LogP contribution in [0.25, 0.3) is 16.5 Å². The van der Waals surface area contributed by atoms with E-state index in [1.165, 1.54) is 0 Å². The van der Waals surface area contributed by atoms with E-state index < -0.39 is 18.1 Å². The van der Waals surface area contributed by atoms with Crippen LogP contribution in [0.15, 0.2) is 35.5 Å². The van der Waals surface area contributed by atoms with Gasteiger partial charge in [-0.3, -0.25) is 24.2 Å². The maximum absolute atomic E-state index is 15.2. The lowest BCUT2D eigenvalue weighted by Crippen LogP contribution is -2.50. The van der Waals surface area contributed by atoms with Crippen molar-refractivity contribution in [3.8, 4) is 0 Å². The van der Waals surface area contributed by atoms with Gasteiger partial charge in [0.15, 0.2) is 6.17 Å². The number of hydrogen-bond acceptors (Lipinski definition) is 5. The Labute approximate surface area is 143 Å². The van der Waals surface area contributed by atoms with Gasteiger partial charge >= 0.3 is 0 Å². The lowest BCUT2D eigenvalue weighted by molar-refractivity contribution is -0.140. The van der Waals surface area contributed by atoms with Gasteiger partial charge in [-0.05, 0) is 23.3 Å². The zero-order valence-electron chi connectivity index (χ0n) is 13.7. The summed E-state index contributed by atoms with van der Waals surface area (Å²) in [6, 6.07) is 5.68. The van der Waals surface area contributed by atoms with E-state index in [0.717, 1.165) is 16.5 Å². The van der Waals surface area contributed by atoms with Crippen LogP contribution in [0.2, 0.25) is 0 Å². The minimum Gasteiger partial charge on any atom is -0.291 e. The molecule has 3 heterocycles. The minimum atomic E-state index is -1.36. The van der Waals surface area contributed by atoms with E-state index in [1.54, 1.807) is 28.1 Å². The fourth-order valence-corrected chi connectivity index (χ4v) is 3.36. The van der Waals surface area contributed by atoms with E-state index in [1.807, 2.05) is 25.2 Å². The first kappa shape index (κ1) is 15.8. The average Bonchev–Trinajstić information content (AvgIpc) is 2.98. The molecule has 2 atom stereocenters. The Balaban J connectivity index is 1.63. The second-order valence-electron chi connectivity index (χ2n) is 6.34. The number of aromatic nitrogens is 2. The van der Waals surface area contributed by atoms with Crippen LogP contribution in [-0.2, 0) is 16.6 Å². The number of allylic oxidation sites excluding steroid dienone is 1. The molecule has 2 aromatic rings. The van der Waals surface area contributed by atoms with Gasteiger partial charge in [0.25, 0.3) is 0 Å². The molecule has 2 aliphatic rings. The van der Waals surface area contributed by atoms with Crippen LogP contribution in [0.5, 0.6) is 0 Å². The van der Waals surface area contributed by atoms with Crippen molar-refractivity contribution >= 4 is 34.3 Å². The molecule has 0 aliphatic carbocycles. The highest BCUT2D eigenvalue weighted by Crippen LogP contribution is 2.31. The Bertz CT molecular complexity index is 930. The highest BCUT2D eigenvalue weighted by molar-refractivity contribution is 6.38. The van der Waals surface area contributed by atoms with Gasteiger partial charge in [0.1, 0.15) is 6.17 Å². The molecular formula is C18H17FN4O2. The topological polar surface area (TPSA) is 67.6 Å². The number of carbonyl (C=O) groups excluding carboxylic acids is 2. The lowest BCUT2D eigenvalue weighted by Gasteiger charge is -2.34. The average molecular weight is 340 g/mol. The van der Waals surface area contributed by atoms with Crippen LogP contribution in [0.4, 0.5) is 4.39 Å². The number of ketones is 2. The second-order valence-corrected chi connectivity index (χ2v) is 6.34. The van der Waals surface area contributed by atoms with E-state index in [-0.39, 0.29) is 18.7 Å². The number of carbonyl (C=O) groups is 2. The van der Waals surface area contributed by atoms with E-state index in [9.17, 15) is 9.59 Å². The fourth-order valence-electron chi connectivity index (χ4n) is 3.36. The monoisotopic (exact) mass is 340 g/mol. The predicted octanol–water partition coefficient (Wildman–Crippen LogP) is 1.55. The smallest absolute Gasteiger partial charge is 0.212 e. The first-order valence-electron chi connectivity index (χ1n) is 8.14. The summed E-state index contributed by atoms with van der Waals surface area (Å²) in [5.41, 5.74) is 2.20. The molecule has 1 fully saturated rings. The molecule has 0 amide bonds. The second kappa shape index (κ2) is 6.00. The number of aryl methyl sites for hydroxylation is 1. The molecular weight excluding hydrogens is 323 g/mol. The van der Waals surface area contributed by atoms with Gasteiger partial charge in [0, 0.05) is 31.6 Å². The normalized spacial score (nSPS) is 24.8. The molecule has 2 aliphatic heterocycles. The number of hydrogen-bond donors (Lipinski definition) is 0. The number of rotatable bonds is 2. The van der Waals surface area contributed by atoms with E-state index in [0.29, 0.717) is 12.1 Å². The molecule has 1 aromatic heterocycles. The van der Waals surface area contributed by atoms with E-state index in [4.69, 9.17) is 0 Å². The number of piperidine rings is 1.